The molecule has 0 bridgehead atoms. The zero-order chi connectivity index (χ0) is 10.8. The first kappa shape index (κ1) is 10.2. The number of imidazole rings is 1. The maximum Gasteiger partial charge on any atom is 0.101 e. The molecule has 74 valence electrons. The quantitative estimate of drug-likeness (QED) is 0.760. The molecule has 0 atom stereocenters. The lowest BCUT2D eigenvalue weighted by atomic mass is 10.2. The van der Waals surface area contributed by atoms with Crippen LogP contribution in [0.2, 0.25) is 0 Å². The van der Waals surface area contributed by atoms with Gasteiger partial charge in [0, 0.05) is 15.5 Å². The summed E-state index contributed by atoms with van der Waals surface area (Å²) < 4.78 is 2.98. The molecule has 1 aromatic carbocycles. The third kappa shape index (κ3) is 1.75. The lowest BCUT2D eigenvalue weighted by Crippen LogP contribution is -2.00. The molecule has 1 aromatic heterocycles. The van der Waals surface area contributed by atoms with Crippen LogP contribution in [0.3, 0.4) is 0 Å². The van der Waals surface area contributed by atoms with E-state index in [0.29, 0.717) is 5.56 Å². The summed E-state index contributed by atoms with van der Waals surface area (Å²) in [6.07, 6.45) is 3.51. The van der Waals surface area contributed by atoms with Crippen LogP contribution < -0.4 is 0 Å². The molecule has 15 heavy (non-hydrogen) atoms. The van der Waals surface area contributed by atoms with Gasteiger partial charge in [0.1, 0.15) is 6.07 Å². The molecular formula is C11H8IN3. The number of para-hydroxylation sites is 1. The number of aromatic nitrogens is 2. The third-order valence-corrected chi connectivity index (χ3v) is 3.04. The van der Waals surface area contributed by atoms with Crippen molar-refractivity contribution in [2.45, 2.75) is 6.92 Å². The molecule has 0 aliphatic rings. The molecule has 0 fully saturated rings. The molecule has 0 spiro atoms. The average molecular weight is 309 g/mol. The Balaban J connectivity index is 2.73. The van der Waals surface area contributed by atoms with Crippen molar-refractivity contribution in [1.29, 1.82) is 5.26 Å². The SMILES string of the molecule is Cc1cncn1-c1c(I)cccc1C#N. The van der Waals surface area contributed by atoms with Crippen LogP contribution in [0.1, 0.15) is 11.3 Å². The number of halogens is 1. The summed E-state index contributed by atoms with van der Waals surface area (Å²) in [6.45, 7) is 1.97. The third-order valence-electron chi connectivity index (χ3n) is 2.17. The van der Waals surface area contributed by atoms with E-state index in [-0.39, 0.29) is 0 Å². The van der Waals surface area contributed by atoms with Gasteiger partial charge in [0.05, 0.1) is 17.6 Å². The molecule has 2 aromatic rings. The van der Waals surface area contributed by atoms with E-state index in [4.69, 9.17) is 5.26 Å². The fourth-order valence-electron chi connectivity index (χ4n) is 1.45. The first-order valence-electron chi connectivity index (χ1n) is 4.42. The van der Waals surface area contributed by atoms with Crippen molar-refractivity contribution in [3.63, 3.8) is 0 Å². The van der Waals surface area contributed by atoms with Gasteiger partial charge in [-0.05, 0) is 41.6 Å². The van der Waals surface area contributed by atoms with Crippen molar-refractivity contribution < 1.29 is 0 Å². The highest BCUT2D eigenvalue weighted by molar-refractivity contribution is 14.1. The van der Waals surface area contributed by atoms with Gasteiger partial charge >= 0.3 is 0 Å². The first-order valence-corrected chi connectivity index (χ1v) is 5.50. The molecule has 0 unspecified atom stereocenters. The van der Waals surface area contributed by atoms with E-state index in [1.165, 1.54) is 0 Å². The van der Waals surface area contributed by atoms with Crippen LogP contribution in [0, 0.1) is 21.8 Å². The van der Waals surface area contributed by atoms with Crippen molar-refractivity contribution >= 4 is 22.6 Å². The molecule has 1 heterocycles. The van der Waals surface area contributed by atoms with Crippen LogP contribution in [0.5, 0.6) is 0 Å². The molecule has 0 radical (unpaired) electrons. The summed E-state index contributed by atoms with van der Waals surface area (Å²) in [5.74, 6) is 0. The minimum atomic E-state index is 0.669. The van der Waals surface area contributed by atoms with Gasteiger partial charge in [-0.1, -0.05) is 6.07 Å². The van der Waals surface area contributed by atoms with Gasteiger partial charge < -0.3 is 4.57 Å². The molecule has 0 saturated carbocycles. The van der Waals surface area contributed by atoms with Crippen LogP contribution in [0.4, 0.5) is 0 Å². The molecule has 0 aliphatic carbocycles. The monoisotopic (exact) mass is 309 g/mol. The van der Waals surface area contributed by atoms with E-state index in [0.717, 1.165) is 15.0 Å². The molecule has 0 amide bonds. The molecule has 2 rings (SSSR count). The van der Waals surface area contributed by atoms with Crippen LogP contribution in [0.25, 0.3) is 5.69 Å². The van der Waals surface area contributed by atoms with Crippen LogP contribution >= 0.6 is 22.6 Å². The summed E-state index contributed by atoms with van der Waals surface area (Å²) in [6, 6.07) is 7.88. The maximum absolute atomic E-state index is 9.05. The van der Waals surface area contributed by atoms with Gasteiger partial charge in [0.2, 0.25) is 0 Å². The Morgan fingerprint density at radius 2 is 2.27 bits per heavy atom. The highest BCUT2D eigenvalue weighted by Gasteiger charge is 2.09. The second kappa shape index (κ2) is 4.03. The fourth-order valence-corrected chi connectivity index (χ4v) is 2.20. The standard InChI is InChI=1S/C11H8IN3/c1-8-6-14-7-15(8)11-9(5-13)3-2-4-10(11)12/h2-4,6-7H,1H3. The zero-order valence-corrected chi connectivity index (χ0v) is 10.3. The lowest BCUT2D eigenvalue weighted by Gasteiger charge is -2.09. The second-order valence-electron chi connectivity index (χ2n) is 3.15. The second-order valence-corrected chi connectivity index (χ2v) is 4.32. The van der Waals surface area contributed by atoms with Gasteiger partial charge in [0.25, 0.3) is 0 Å². The topological polar surface area (TPSA) is 41.6 Å². The van der Waals surface area contributed by atoms with Crippen LogP contribution in [-0.4, -0.2) is 9.55 Å². The number of benzene rings is 1. The van der Waals surface area contributed by atoms with E-state index >= 15 is 0 Å². The van der Waals surface area contributed by atoms with E-state index < -0.39 is 0 Å². The number of rotatable bonds is 1. The largest absolute Gasteiger partial charge is 0.301 e. The summed E-state index contributed by atoms with van der Waals surface area (Å²) in [5.41, 5.74) is 2.61. The number of hydrogen-bond donors (Lipinski definition) is 0. The zero-order valence-electron chi connectivity index (χ0n) is 8.11. The summed E-state index contributed by atoms with van der Waals surface area (Å²) in [5, 5.41) is 9.05. The number of nitriles is 1. The molecule has 4 heteroatoms. The number of hydrogen-bond acceptors (Lipinski definition) is 2. The van der Waals surface area contributed by atoms with Gasteiger partial charge in [-0.25, -0.2) is 4.98 Å². The average Bonchev–Trinajstić information content (AvgIpc) is 2.64. The van der Waals surface area contributed by atoms with Crippen molar-refractivity contribution in [3.05, 3.63) is 45.6 Å². The Bertz CT molecular complexity index is 537. The number of aryl methyl sites for hydroxylation is 1. The normalized spacial score (nSPS) is 9.93. The molecule has 3 nitrogen and oxygen atoms in total. The molecule has 0 N–H and O–H groups in total. The lowest BCUT2D eigenvalue weighted by molar-refractivity contribution is 0.992. The summed E-state index contributed by atoms with van der Waals surface area (Å²) in [4.78, 5) is 4.06. The molecule has 0 saturated heterocycles. The molecular weight excluding hydrogens is 301 g/mol. The van der Waals surface area contributed by atoms with Crippen LogP contribution in [-0.2, 0) is 0 Å². The smallest absolute Gasteiger partial charge is 0.101 e. The Morgan fingerprint density at radius 3 is 2.87 bits per heavy atom. The predicted molar refractivity (Wildman–Crippen MR) is 65.7 cm³/mol. The minimum Gasteiger partial charge on any atom is -0.301 e. The van der Waals surface area contributed by atoms with E-state index in [1.54, 1.807) is 12.5 Å². The highest BCUT2D eigenvalue weighted by atomic mass is 127. The Morgan fingerprint density at radius 1 is 1.47 bits per heavy atom. The Kier molecular flexibility index (Phi) is 2.73. The Hall–Kier alpha value is -1.35. The first-order chi connectivity index (χ1) is 7.24. The fraction of sp³-hybridized carbons (Fsp3) is 0.0909. The summed E-state index contributed by atoms with van der Waals surface area (Å²) in [7, 11) is 0. The predicted octanol–water partition coefficient (Wildman–Crippen LogP) is 2.66. The Labute approximate surface area is 102 Å². The van der Waals surface area contributed by atoms with Crippen LogP contribution in [0.15, 0.2) is 30.7 Å². The van der Waals surface area contributed by atoms with Crippen molar-refractivity contribution in [3.8, 4) is 11.8 Å². The van der Waals surface area contributed by atoms with Crippen molar-refractivity contribution in [2.24, 2.45) is 0 Å². The summed E-state index contributed by atoms with van der Waals surface area (Å²) >= 11 is 2.23. The van der Waals surface area contributed by atoms with E-state index in [2.05, 4.69) is 33.6 Å². The van der Waals surface area contributed by atoms with Crippen molar-refractivity contribution in [1.82, 2.24) is 9.55 Å². The number of nitrogens with zero attached hydrogens (tertiary/aromatic N) is 3. The minimum absolute atomic E-state index is 0.669. The van der Waals surface area contributed by atoms with E-state index in [1.807, 2.05) is 29.7 Å². The van der Waals surface area contributed by atoms with Gasteiger partial charge in [-0.3, -0.25) is 0 Å². The van der Waals surface area contributed by atoms with Crippen molar-refractivity contribution in [2.75, 3.05) is 0 Å². The van der Waals surface area contributed by atoms with E-state index in [9.17, 15) is 0 Å². The van der Waals surface area contributed by atoms with Gasteiger partial charge in [0.15, 0.2) is 0 Å². The maximum atomic E-state index is 9.05. The molecule has 0 aliphatic heterocycles. The van der Waals surface area contributed by atoms with Gasteiger partial charge in [-0.2, -0.15) is 5.26 Å². The highest BCUT2D eigenvalue weighted by Crippen LogP contribution is 2.22. The van der Waals surface area contributed by atoms with Gasteiger partial charge in [-0.15, -0.1) is 0 Å².